The summed E-state index contributed by atoms with van der Waals surface area (Å²) in [5.41, 5.74) is 6.97. The van der Waals surface area contributed by atoms with E-state index in [0.717, 1.165) is 0 Å². The molecule has 0 fully saturated rings. The highest BCUT2D eigenvalue weighted by Crippen LogP contribution is 2.20. The van der Waals surface area contributed by atoms with Crippen LogP contribution in [-0.2, 0) is 0 Å². The van der Waals surface area contributed by atoms with E-state index >= 15 is 0 Å². The van der Waals surface area contributed by atoms with Gasteiger partial charge in [-0.05, 0) is 37.3 Å². The number of amides is 1. The van der Waals surface area contributed by atoms with Crippen LogP contribution in [0.15, 0.2) is 34.7 Å². The highest BCUT2D eigenvalue weighted by Gasteiger charge is 2.11. The first kappa shape index (κ1) is 11.7. The number of hydrogen-bond acceptors (Lipinski definition) is 4. The minimum atomic E-state index is -0.375. The monoisotopic (exact) mass is 241 g/mol. The van der Waals surface area contributed by atoms with E-state index < -0.39 is 0 Å². The number of carbonyl (C=O) groups is 1. The van der Waals surface area contributed by atoms with E-state index in [0.29, 0.717) is 22.7 Å². The maximum Gasteiger partial charge on any atom is 0.291 e. The van der Waals surface area contributed by atoms with Gasteiger partial charge in [-0.2, -0.15) is 5.26 Å². The maximum atomic E-state index is 11.8. The Morgan fingerprint density at radius 3 is 2.72 bits per heavy atom. The molecule has 0 bridgehead atoms. The molecule has 5 nitrogen and oxygen atoms in total. The largest absolute Gasteiger partial charge is 0.456 e. The number of carbonyl (C=O) groups excluding carboxylic acids is 1. The van der Waals surface area contributed by atoms with Crippen molar-refractivity contribution in [1.29, 1.82) is 5.26 Å². The first-order chi connectivity index (χ1) is 8.60. The Balaban J connectivity index is 2.20. The molecule has 3 N–H and O–H groups in total. The molecule has 1 heterocycles. The van der Waals surface area contributed by atoms with Gasteiger partial charge in [0.1, 0.15) is 5.76 Å². The van der Waals surface area contributed by atoms with Crippen molar-refractivity contribution in [2.24, 2.45) is 0 Å². The van der Waals surface area contributed by atoms with Gasteiger partial charge in [0.2, 0.25) is 0 Å². The normalized spacial score (nSPS) is 9.78. The molecule has 0 unspecified atom stereocenters. The number of aryl methyl sites for hydroxylation is 1. The molecule has 0 radical (unpaired) electrons. The summed E-state index contributed by atoms with van der Waals surface area (Å²) in [5.74, 6) is 0.503. The third kappa shape index (κ3) is 2.33. The molecule has 1 aromatic carbocycles. The molecule has 0 aliphatic rings. The molecule has 0 saturated carbocycles. The Morgan fingerprint density at radius 2 is 2.17 bits per heavy atom. The smallest absolute Gasteiger partial charge is 0.291 e. The van der Waals surface area contributed by atoms with E-state index in [4.69, 9.17) is 15.4 Å². The van der Waals surface area contributed by atoms with Crippen LogP contribution in [-0.4, -0.2) is 5.91 Å². The molecule has 90 valence electrons. The van der Waals surface area contributed by atoms with Crippen LogP contribution < -0.4 is 11.1 Å². The van der Waals surface area contributed by atoms with E-state index in [1.807, 2.05) is 6.07 Å². The molecule has 18 heavy (non-hydrogen) atoms. The number of nitriles is 1. The fourth-order valence-electron chi connectivity index (χ4n) is 1.49. The van der Waals surface area contributed by atoms with E-state index in [1.54, 1.807) is 31.2 Å². The van der Waals surface area contributed by atoms with Gasteiger partial charge in [-0.25, -0.2) is 0 Å². The molecular formula is C13H11N3O2. The molecule has 2 rings (SSSR count). The second-order valence-corrected chi connectivity index (χ2v) is 3.78. The Hall–Kier alpha value is -2.74. The highest BCUT2D eigenvalue weighted by molar-refractivity contribution is 6.03. The third-order valence-electron chi connectivity index (χ3n) is 2.39. The zero-order valence-corrected chi connectivity index (χ0v) is 9.73. The number of nitrogens with two attached hydrogens (primary N) is 1. The molecule has 0 atom stereocenters. The fraction of sp³-hybridized carbons (Fsp3) is 0.0769. The van der Waals surface area contributed by atoms with Crippen LogP contribution in [0.1, 0.15) is 21.9 Å². The Labute approximate surface area is 104 Å². The second-order valence-electron chi connectivity index (χ2n) is 3.78. The van der Waals surface area contributed by atoms with Gasteiger partial charge in [0, 0.05) is 0 Å². The Kier molecular flexibility index (Phi) is 3.02. The van der Waals surface area contributed by atoms with Gasteiger partial charge in [-0.15, -0.1) is 0 Å². The van der Waals surface area contributed by atoms with E-state index in [-0.39, 0.29) is 11.7 Å². The van der Waals surface area contributed by atoms with Gasteiger partial charge >= 0.3 is 0 Å². The molecule has 5 heteroatoms. The topological polar surface area (TPSA) is 92.0 Å². The Bertz CT molecular complexity index is 638. The van der Waals surface area contributed by atoms with Gasteiger partial charge < -0.3 is 15.5 Å². The summed E-state index contributed by atoms with van der Waals surface area (Å²) in [4.78, 5) is 11.8. The lowest BCUT2D eigenvalue weighted by atomic mass is 10.2. The minimum absolute atomic E-state index is 0.219. The molecular weight excluding hydrogens is 230 g/mol. The van der Waals surface area contributed by atoms with E-state index in [9.17, 15) is 4.79 Å². The maximum absolute atomic E-state index is 11.8. The van der Waals surface area contributed by atoms with Crippen LogP contribution in [0.5, 0.6) is 0 Å². The predicted octanol–water partition coefficient (Wildman–Crippen LogP) is 2.29. The third-order valence-corrected chi connectivity index (χ3v) is 2.39. The van der Waals surface area contributed by atoms with Gasteiger partial charge in [-0.3, -0.25) is 4.79 Å². The zero-order valence-electron chi connectivity index (χ0n) is 9.73. The van der Waals surface area contributed by atoms with Crippen LogP contribution in [0.4, 0.5) is 11.4 Å². The van der Waals surface area contributed by atoms with Gasteiger partial charge in [-0.1, -0.05) is 0 Å². The quantitative estimate of drug-likeness (QED) is 0.789. The first-order valence-corrected chi connectivity index (χ1v) is 5.27. The lowest BCUT2D eigenvalue weighted by Gasteiger charge is -2.06. The average molecular weight is 241 g/mol. The molecule has 0 saturated heterocycles. The van der Waals surface area contributed by atoms with Crippen molar-refractivity contribution < 1.29 is 9.21 Å². The number of nitrogen functional groups attached to an aromatic ring is 1. The van der Waals surface area contributed by atoms with Crippen LogP contribution in [0.2, 0.25) is 0 Å². The molecule has 1 amide bonds. The number of furan rings is 1. The fourth-order valence-corrected chi connectivity index (χ4v) is 1.49. The molecule has 0 spiro atoms. The number of benzene rings is 1. The van der Waals surface area contributed by atoms with Gasteiger partial charge in [0.15, 0.2) is 5.76 Å². The van der Waals surface area contributed by atoms with Crippen molar-refractivity contribution in [3.8, 4) is 6.07 Å². The molecule has 0 aliphatic carbocycles. The number of nitrogens with one attached hydrogen (secondary N) is 1. The van der Waals surface area contributed by atoms with Crippen molar-refractivity contribution >= 4 is 17.3 Å². The minimum Gasteiger partial charge on any atom is -0.456 e. The summed E-state index contributed by atoms with van der Waals surface area (Å²) in [7, 11) is 0. The van der Waals surface area contributed by atoms with E-state index in [2.05, 4.69) is 5.32 Å². The standard InChI is InChI=1S/C13H11N3O2/c1-8-2-5-12(18-8)13(17)16-11-4-3-9(7-14)6-10(11)15/h2-6H,15H2,1H3,(H,16,17). The lowest BCUT2D eigenvalue weighted by Crippen LogP contribution is -2.12. The summed E-state index contributed by atoms with van der Waals surface area (Å²) >= 11 is 0. The molecule has 1 aromatic heterocycles. The van der Waals surface area contributed by atoms with Crippen LogP contribution >= 0.6 is 0 Å². The summed E-state index contributed by atoms with van der Waals surface area (Å²) in [6.07, 6.45) is 0. The molecule has 2 aromatic rings. The van der Waals surface area contributed by atoms with Crippen molar-refractivity contribution in [2.45, 2.75) is 6.92 Å². The second kappa shape index (κ2) is 4.63. The van der Waals surface area contributed by atoms with Crippen LogP contribution in [0.3, 0.4) is 0 Å². The predicted molar refractivity (Wildman–Crippen MR) is 67.0 cm³/mol. The van der Waals surface area contributed by atoms with Crippen LogP contribution in [0.25, 0.3) is 0 Å². The summed E-state index contributed by atoms with van der Waals surface area (Å²) < 4.78 is 5.20. The summed E-state index contributed by atoms with van der Waals surface area (Å²) in [6.45, 7) is 1.76. The van der Waals surface area contributed by atoms with Crippen molar-refractivity contribution in [3.63, 3.8) is 0 Å². The molecule has 0 aliphatic heterocycles. The average Bonchev–Trinajstić information content (AvgIpc) is 2.78. The van der Waals surface area contributed by atoms with Crippen molar-refractivity contribution in [3.05, 3.63) is 47.4 Å². The van der Waals surface area contributed by atoms with Crippen molar-refractivity contribution in [1.82, 2.24) is 0 Å². The van der Waals surface area contributed by atoms with Crippen LogP contribution in [0, 0.1) is 18.3 Å². The summed E-state index contributed by atoms with van der Waals surface area (Å²) in [6, 6.07) is 9.94. The van der Waals surface area contributed by atoms with E-state index in [1.165, 1.54) is 6.07 Å². The van der Waals surface area contributed by atoms with Gasteiger partial charge in [0.05, 0.1) is 23.0 Å². The Morgan fingerprint density at radius 1 is 1.39 bits per heavy atom. The summed E-state index contributed by atoms with van der Waals surface area (Å²) in [5, 5.41) is 11.3. The zero-order chi connectivity index (χ0) is 13.1. The van der Waals surface area contributed by atoms with Crippen molar-refractivity contribution in [2.75, 3.05) is 11.1 Å². The number of nitrogens with zero attached hydrogens (tertiary/aromatic N) is 1. The SMILES string of the molecule is Cc1ccc(C(=O)Nc2ccc(C#N)cc2N)o1. The number of rotatable bonds is 2. The van der Waals surface area contributed by atoms with Gasteiger partial charge in [0.25, 0.3) is 5.91 Å². The number of hydrogen-bond donors (Lipinski definition) is 2. The number of anilines is 2. The highest BCUT2D eigenvalue weighted by atomic mass is 16.3. The first-order valence-electron chi connectivity index (χ1n) is 5.27. The lowest BCUT2D eigenvalue weighted by molar-refractivity contribution is 0.0995.